The van der Waals surface area contributed by atoms with Gasteiger partial charge in [-0.05, 0) is 32.1 Å². The fourth-order valence-corrected chi connectivity index (χ4v) is 6.79. The number of carbonyl (C=O) groups excluding carboxylic acids is 2. The van der Waals surface area contributed by atoms with E-state index >= 15 is 0 Å². The molecule has 0 aromatic carbocycles. The number of amides is 1. The number of hydrogen-bond acceptors (Lipinski definition) is 7. The second-order valence-corrected chi connectivity index (χ2v) is 10.8. The molecule has 0 radical (unpaired) electrons. The van der Waals surface area contributed by atoms with Crippen molar-refractivity contribution in [2.24, 2.45) is 16.7 Å². The number of Topliss-reactive ketones (excluding diaryl/α,β-unsaturated/α-hetero) is 1. The SMILES string of the molecule is C=C[C@@]1(C)CC(=O)[C@]2(O)[C@@]3(C)[C@@H](O)CCC(C)(C)[C@@H]3[C@H](O)[C@H](OC(=O)NCCF)[C@@]2(C)O1. The average Bonchev–Trinajstić information content (AvgIpc) is 2.70. The molecule has 0 unspecified atom stereocenters. The largest absolute Gasteiger partial charge is 0.440 e. The number of hydrogen-bond donors (Lipinski definition) is 4. The highest BCUT2D eigenvalue weighted by molar-refractivity contribution is 5.92. The van der Waals surface area contributed by atoms with E-state index in [1.54, 1.807) is 13.8 Å². The van der Waals surface area contributed by atoms with Gasteiger partial charge in [0, 0.05) is 24.3 Å². The predicted octanol–water partition coefficient (Wildman–Crippen LogP) is 1.65. The third kappa shape index (κ3) is 3.15. The first-order chi connectivity index (χ1) is 14.6. The summed E-state index contributed by atoms with van der Waals surface area (Å²) < 4.78 is 24.4. The van der Waals surface area contributed by atoms with E-state index in [-0.39, 0.29) is 13.0 Å². The Morgan fingerprint density at radius 3 is 2.50 bits per heavy atom. The number of ether oxygens (including phenoxy) is 2. The van der Waals surface area contributed by atoms with Crippen LogP contribution in [-0.2, 0) is 14.3 Å². The fourth-order valence-electron chi connectivity index (χ4n) is 6.79. The summed E-state index contributed by atoms with van der Waals surface area (Å²) in [5, 5.41) is 37.2. The van der Waals surface area contributed by atoms with Crippen molar-refractivity contribution in [1.29, 1.82) is 0 Å². The molecule has 0 bridgehead atoms. The van der Waals surface area contributed by atoms with Crippen molar-refractivity contribution in [3.05, 3.63) is 12.7 Å². The molecule has 9 heteroatoms. The zero-order chi connectivity index (χ0) is 24.3. The molecule has 0 aromatic heterocycles. The van der Waals surface area contributed by atoms with E-state index in [9.17, 15) is 29.3 Å². The zero-order valence-corrected chi connectivity index (χ0v) is 19.5. The maximum atomic E-state index is 13.7. The molecule has 1 aliphatic heterocycles. The highest BCUT2D eigenvalue weighted by Gasteiger charge is 2.81. The van der Waals surface area contributed by atoms with E-state index in [0.29, 0.717) is 12.8 Å². The van der Waals surface area contributed by atoms with Crippen LogP contribution >= 0.6 is 0 Å². The Morgan fingerprint density at radius 1 is 1.31 bits per heavy atom. The standard InChI is InChI=1S/C23H36FNO7/c1-7-20(4)12-14(27)23(30)21(5)13(26)8-9-19(2,3)16(21)15(28)17(22(23,6)32-20)31-18(29)25-11-10-24/h7,13,15-17,26,28,30H,1,8-12H2,2-6H3,(H,25,29)/t13-,15-,16-,17-,20-,21-,22+,23-/m0/s1. The van der Waals surface area contributed by atoms with Crippen molar-refractivity contribution in [3.63, 3.8) is 0 Å². The number of ketones is 1. The Hall–Kier alpha value is -1.55. The molecule has 3 fully saturated rings. The first-order valence-corrected chi connectivity index (χ1v) is 11.1. The first kappa shape index (κ1) is 25.1. The zero-order valence-electron chi connectivity index (χ0n) is 19.5. The number of rotatable bonds is 4. The molecule has 8 atom stereocenters. The van der Waals surface area contributed by atoms with Gasteiger partial charge in [0.1, 0.15) is 12.3 Å². The van der Waals surface area contributed by atoms with Gasteiger partial charge in [-0.15, -0.1) is 6.58 Å². The summed E-state index contributed by atoms with van der Waals surface area (Å²) in [5.74, 6) is -1.39. The van der Waals surface area contributed by atoms with Crippen LogP contribution in [-0.4, -0.2) is 75.5 Å². The van der Waals surface area contributed by atoms with Crippen molar-refractivity contribution < 1.29 is 38.8 Å². The Balaban J connectivity index is 2.23. The lowest BCUT2D eigenvalue weighted by Crippen LogP contribution is -2.86. The summed E-state index contributed by atoms with van der Waals surface area (Å²) in [7, 11) is 0. The number of nitrogens with one attached hydrogen (secondary N) is 1. The van der Waals surface area contributed by atoms with Crippen molar-refractivity contribution in [3.8, 4) is 0 Å². The molecular formula is C23H36FNO7. The maximum Gasteiger partial charge on any atom is 0.407 e. The van der Waals surface area contributed by atoms with Gasteiger partial charge in [0.2, 0.25) is 0 Å². The molecule has 32 heavy (non-hydrogen) atoms. The Kier molecular flexibility index (Phi) is 6.08. The molecule has 1 amide bonds. The van der Waals surface area contributed by atoms with E-state index in [0.717, 1.165) is 0 Å². The average molecular weight is 458 g/mol. The van der Waals surface area contributed by atoms with E-state index < -0.39 is 70.4 Å². The van der Waals surface area contributed by atoms with Crippen LogP contribution in [0.3, 0.4) is 0 Å². The molecule has 1 heterocycles. The van der Waals surface area contributed by atoms with Crippen molar-refractivity contribution in [2.45, 2.75) is 89.0 Å². The minimum Gasteiger partial charge on any atom is -0.440 e. The molecule has 3 rings (SSSR count). The number of aliphatic hydroxyl groups is 3. The van der Waals surface area contributed by atoms with E-state index in [4.69, 9.17) is 9.47 Å². The van der Waals surface area contributed by atoms with Gasteiger partial charge >= 0.3 is 6.09 Å². The predicted molar refractivity (Wildman–Crippen MR) is 114 cm³/mol. The van der Waals surface area contributed by atoms with Crippen LogP contribution in [0.15, 0.2) is 12.7 Å². The summed E-state index contributed by atoms with van der Waals surface area (Å²) in [6.07, 6.45) is -2.90. The normalized spacial score (nSPS) is 47.7. The number of alkyl carbamates (subject to hydrolysis) is 1. The van der Waals surface area contributed by atoms with Gasteiger partial charge in [0.05, 0.1) is 17.8 Å². The minimum absolute atomic E-state index is 0.199. The second-order valence-electron chi connectivity index (χ2n) is 10.8. The minimum atomic E-state index is -2.28. The van der Waals surface area contributed by atoms with Crippen molar-refractivity contribution in [1.82, 2.24) is 5.32 Å². The van der Waals surface area contributed by atoms with Gasteiger partial charge in [0.15, 0.2) is 17.5 Å². The van der Waals surface area contributed by atoms with E-state index in [2.05, 4.69) is 11.9 Å². The van der Waals surface area contributed by atoms with Gasteiger partial charge in [-0.3, -0.25) is 4.79 Å². The smallest absolute Gasteiger partial charge is 0.407 e. The van der Waals surface area contributed by atoms with Crippen LogP contribution in [0.4, 0.5) is 9.18 Å². The number of aliphatic hydroxyl groups excluding tert-OH is 2. The Morgan fingerprint density at radius 2 is 1.94 bits per heavy atom. The summed E-state index contributed by atoms with van der Waals surface area (Å²) in [6, 6.07) is 0. The lowest BCUT2D eigenvalue weighted by Gasteiger charge is -2.71. The molecule has 4 N–H and O–H groups in total. The molecule has 3 aliphatic rings. The van der Waals surface area contributed by atoms with Gasteiger partial charge in [-0.1, -0.05) is 26.8 Å². The monoisotopic (exact) mass is 457 g/mol. The van der Waals surface area contributed by atoms with E-state index in [1.807, 2.05) is 13.8 Å². The first-order valence-electron chi connectivity index (χ1n) is 11.1. The summed E-state index contributed by atoms with van der Waals surface area (Å²) >= 11 is 0. The molecular weight excluding hydrogens is 421 g/mol. The molecule has 1 saturated heterocycles. The van der Waals surface area contributed by atoms with Crippen molar-refractivity contribution >= 4 is 11.9 Å². The van der Waals surface area contributed by atoms with Gasteiger partial charge in [-0.2, -0.15) is 0 Å². The quantitative estimate of drug-likeness (QED) is 0.473. The van der Waals surface area contributed by atoms with Crippen LogP contribution < -0.4 is 5.32 Å². The van der Waals surface area contributed by atoms with Gasteiger partial charge < -0.3 is 30.1 Å². The third-order valence-electron chi connectivity index (χ3n) is 8.32. The lowest BCUT2D eigenvalue weighted by molar-refractivity contribution is -0.369. The fraction of sp³-hybridized carbons (Fsp3) is 0.826. The van der Waals surface area contributed by atoms with Gasteiger partial charge in [-0.25, -0.2) is 9.18 Å². The van der Waals surface area contributed by atoms with Crippen molar-refractivity contribution in [2.75, 3.05) is 13.2 Å². The maximum absolute atomic E-state index is 13.7. The summed E-state index contributed by atoms with van der Waals surface area (Å²) in [5.41, 5.74) is -7.50. The molecule has 182 valence electrons. The highest BCUT2D eigenvalue weighted by Crippen LogP contribution is 2.66. The number of fused-ring (bicyclic) bond motifs is 3. The van der Waals surface area contributed by atoms with Crippen LogP contribution in [0.5, 0.6) is 0 Å². The topological polar surface area (TPSA) is 125 Å². The number of carbonyl (C=O) groups is 2. The lowest BCUT2D eigenvalue weighted by atomic mass is 9.40. The molecule has 8 nitrogen and oxygen atoms in total. The number of halogens is 1. The summed E-state index contributed by atoms with van der Waals surface area (Å²) in [6.45, 7) is 11.0. The Bertz CT molecular complexity index is 805. The molecule has 0 spiro atoms. The number of alkyl halides is 1. The molecule has 2 saturated carbocycles. The molecule has 0 aromatic rings. The summed E-state index contributed by atoms with van der Waals surface area (Å²) in [4.78, 5) is 26.1. The molecule has 2 aliphatic carbocycles. The van der Waals surface area contributed by atoms with Crippen LogP contribution in [0.1, 0.15) is 53.9 Å². The second kappa shape index (κ2) is 7.75. The van der Waals surface area contributed by atoms with E-state index in [1.165, 1.54) is 13.0 Å². The van der Waals surface area contributed by atoms with Crippen LogP contribution in [0.25, 0.3) is 0 Å². The van der Waals surface area contributed by atoms with Crippen LogP contribution in [0, 0.1) is 16.7 Å². The highest BCUT2D eigenvalue weighted by atomic mass is 19.1. The van der Waals surface area contributed by atoms with Gasteiger partial charge in [0.25, 0.3) is 0 Å². The third-order valence-corrected chi connectivity index (χ3v) is 8.32. The Labute approximate surface area is 188 Å². The van der Waals surface area contributed by atoms with Crippen LogP contribution in [0.2, 0.25) is 0 Å².